The van der Waals surface area contributed by atoms with E-state index >= 15 is 0 Å². The van der Waals surface area contributed by atoms with Crippen LogP contribution in [-0.4, -0.2) is 30.9 Å². The number of ether oxygens (including phenoxy) is 1. The Bertz CT molecular complexity index is 416. The summed E-state index contributed by atoms with van der Waals surface area (Å²) in [5.74, 6) is 1.02. The fourth-order valence-electron chi connectivity index (χ4n) is 2.02. The third-order valence-electron chi connectivity index (χ3n) is 3.12. The number of nitrogens with one attached hydrogen (secondary N) is 2. The molecule has 98 valence electrons. The average Bonchev–Trinajstić information content (AvgIpc) is 2.34. The Hall–Kier alpha value is -1.75. The van der Waals surface area contributed by atoms with E-state index in [0.717, 1.165) is 12.8 Å². The average molecular weight is 250 g/mol. The Morgan fingerprint density at radius 3 is 2.83 bits per heavy atom. The van der Waals surface area contributed by atoms with Gasteiger partial charge < -0.3 is 20.5 Å². The number of anilines is 1. The number of methoxy groups -OCH3 is 1. The molecule has 1 fully saturated rings. The van der Waals surface area contributed by atoms with E-state index in [1.54, 1.807) is 19.2 Å². The SMILES string of the molecule is COc1ccccc1NC(=O)NCC1CC(O)C1. The summed E-state index contributed by atoms with van der Waals surface area (Å²) in [7, 11) is 1.56. The molecule has 1 saturated carbocycles. The molecule has 0 atom stereocenters. The molecule has 0 heterocycles. The first-order valence-electron chi connectivity index (χ1n) is 6.05. The number of aliphatic hydroxyl groups is 1. The van der Waals surface area contributed by atoms with Gasteiger partial charge in [-0.3, -0.25) is 0 Å². The maximum Gasteiger partial charge on any atom is 0.319 e. The smallest absolute Gasteiger partial charge is 0.319 e. The molecule has 0 radical (unpaired) electrons. The molecule has 0 aromatic heterocycles. The van der Waals surface area contributed by atoms with E-state index in [-0.39, 0.29) is 12.1 Å². The Morgan fingerprint density at radius 1 is 1.44 bits per heavy atom. The molecule has 2 amide bonds. The predicted octanol–water partition coefficient (Wildman–Crippen LogP) is 1.59. The molecule has 1 aliphatic carbocycles. The fraction of sp³-hybridized carbons (Fsp3) is 0.462. The van der Waals surface area contributed by atoms with Crippen molar-refractivity contribution in [1.29, 1.82) is 0 Å². The largest absolute Gasteiger partial charge is 0.495 e. The molecule has 0 aliphatic heterocycles. The maximum absolute atomic E-state index is 11.7. The quantitative estimate of drug-likeness (QED) is 0.760. The third-order valence-corrected chi connectivity index (χ3v) is 3.12. The van der Waals surface area contributed by atoms with Gasteiger partial charge in [0.05, 0.1) is 18.9 Å². The van der Waals surface area contributed by atoms with E-state index < -0.39 is 0 Å². The van der Waals surface area contributed by atoms with Crippen molar-refractivity contribution in [2.45, 2.75) is 18.9 Å². The minimum absolute atomic E-state index is 0.186. The van der Waals surface area contributed by atoms with Crippen molar-refractivity contribution >= 4 is 11.7 Å². The lowest BCUT2D eigenvalue weighted by Crippen LogP contribution is -2.40. The van der Waals surface area contributed by atoms with E-state index in [2.05, 4.69) is 10.6 Å². The Balaban J connectivity index is 1.79. The van der Waals surface area contributed by atoms with Gasteiger partial charge in [0.1, 0.15) is 5.75 Å². The molecule has 5 nitrogen and oxygen atoms in total. The zero-order valence-electron chi connectivity index (χ0n) is 10.3. The van der Waals surface area contributed by atoms with E-state index in [1.165, 1.54) is 0 Å². The van der Waals surface area contributed by atoms with Gasteiger partial charge in [0.2, 0.25) is 0 Å². The van der Waals surface area contributed by atoms with Gasteiger partial charge in [-0.15, -0.1) is 0 Å². The lowest BCUT2D eigenvalue weighted by molar-refractivity contribution is 0.0443. The van der Waals surface area contributed by atoms with Crippen LogP contribution < -0.4 is 15.4 Å². The van der Waals surface area contributed by atoms with Gasteiger partial charge in [-0.1, -0.05) is 12.1 Å². The normalized spacial score (nSPS) is 21.9. The zero-order chi connectivity index (χ0) is 13.0. The molecule has 0 bridgehead atoms. The summed E-state index contributed by atoms with van der Waals surface area (Å²) in [6.07, 6.45) is 1.36. The second-order valence-corrected chi connectivity index (χ2v) is 4.53. The van der Waals surface area contributed by atoms with Gasteiger partial charge in [-0.2, -0.15) is 0 Å². The zero-order valence-corrected chi connectivity index (χ0v) is 10.3. The molecule has 0 saturated heterocycles. The number of hydrogen-bond donors (Lipinski definition) is 3. The van der Waals surface area contributed by atoms with Crippen molar-refractivity contribution < 1.29 is 14.6 Å². The highest BCUT2D eigenvalue weighted by Crippen LogP contribution is 2.26. The minimum atomic E-state index is -0.249. The summed E-state index contributed by atoms with van der Waals surface area (Å²) >= 11 is 0. The van der Waals surface area contributed by atoms with E-state index in [0.29, 0.717) is 23.9 Å². The Kier molecular flexibility index (Phi) is 4.04. The summed E-state index contributed by atoms with van der Waals surface area (Å²) in [5.41, 5.74) is 0.645. The van der Waals surface area contributed by atoms with Crippen molar-refractivity contribution in [3.63, 3.8) is 0 Å². The molecule has 5 heteroatoms. The van der Waals surface area contributed by atoms with Crippen molar-refractivity contribution in [1.82, 2.24) is 5.32 Å². The van der Waals surface area contributed by atoms with E-state index in [9.17, 15) is 4.79 Å². The number of aliphatic hydroxyl groups excluding tert-OH is 1. The number of rotatable bonds is 4. The van der Waals surface area contributed by atoms with Crippen LogP contribution in [0.25, 0.3) is 0 Å². The predicted molar refractivity (Wildman–Crippen MR) is 68.7 cm³/mol. The number of carbonyl (C=O) groups is 1. The number of para-hydroxylation sites is 2. The summed E-state index contributed by atoms with van der Waals surface area (Å²) in [4.78, 5) is 11.7. The Labute approximate surface area is 106 Å². The Morgan fingerprint density at radius 2 is 2.17 bits per heavy atom. The lowest BCUT2D eigenvalue weighted by atomic mass is 9.82. The molecule has 3 N–H and O–H groups in total. The van der Waals surface area contributed by atoms with Crippen LogP contribution in [-0.2, 0) is 0 Å². The highest BCUT2D eigenvalue weighted by Gasteiger charge is 2.27. The van der Waals surface area contributed by atoms with Crippen LogP contribution in [0.1, 0.15) is 12.8 Å². The van der Waals surface area contributed by atoms with Gasteiger partial charge in [0, 0.05) is 6.54 Å². The summed E-state index contributed by atoms with van der Waals surface area (Å²) in [6.45, 7) is 0.595. The van der Waals surface area contributed by atoms with Crippen molar-refractivity contribution in [3.05, 3.63) is 24.3 Å². The molecule has 0 spiro atoms. The van der Waals surface area contributed by atoms with Gasteiger partial charge >= 0.3 is 6.03 Å². The molecule has 1 aromatic rings. The monoisotopic (exact) mass is 250 g/mol. The topological polar surface area (TPSA) is 70.6 Å². The van der Waals surface area contributed by atoms with Crippen molar-refractivity contribution in [3.8, 4) is 5.75 Å². The molecular weight excluding hydrogens is 232 g/mol. The molecule has 2 rings (SSSR count). The molecule has 1 aliphatic rings. The minimum Gasteiger partial charge on any atom is -0.495 e. The second-order valence-electron chi connectivity index (χ2n) is 4.53. The number of urea groups is 1. The summed E-state index contributed by atoms with van der Waals surface area (Å²) < 4.78 is 5.14. The number of carbonyl (C=O) groups excluding carboxylic acids is 1. The first-order valence-corrected chi connectivity index (χ1v) is 6.05. The van der Waals surface area contributed by atoms with Crippen LogP contribution in [0.2, 0.25) is 0 Å². The summed E-state index contributed by atoms with van der Waals surface area (Å²) in [6, 6.07) is 7.00. The summed E-state index contributed by atoms with van der Waals surface area (Å²) in [5, 5.41) is 14.7. The van der Waals surface area contributed by atoms with Crippen molar-refractivity contribution in [2.75, 3.05) is 19.0 Å². The molecule has 0 unspecified atom stereocenters. The van der Waals surface area contributed by atoms with Crippen LogP contribution in [0.5, 0.6) is 5.75 Å². The van der Waals surface area contributed by atoms with Crippen LogP contribution >= 0.6 is 0 Å². The molecular formula is C13H18N2O3. The van der Waals surface area contributed by atoms with Gasteiger partial charge in [-0.25, -0.2) is 4.79 Å². The van der Waals surface area contributed by atoms with Crippen LogP contribution in [0.4, 0.5) is 10.5 Å². The van der Waals surface area contributed by atoms with Crippen LogP contribution in [0.3, 0.4) is 0 Å². The molecule has 18 heavy (non-hydrogen) atoms. The van der Waals surface area contributed by atoms with E-state index in [4.69, 9.17) is 9.84 Å². The fourth-order valence-corrected chi connectivity index (χ4v) is 2.02. The number of amides is 2. The first-order chi connectivity index (χ1) is 8.69. The number of benzene rings is 1. The lowest BCUT2D eigenvalue weighted by Gasteiger charge is -2.31. The highest BCUT2D eigenvalue weighted by atomic mass is 16.5. The van der Waals surface area contributed by atoms with E-state index in [1.807, 2.05) is 12.1 Å². The highest BCUT2D eigenvalue weighted by molar-refractivity contribution is 5.90. The first kappa shape index (κ1) is 12.7. The van der Waals surface area contributed by atoms with Gasteiger partial charge in [0.15, 0.2) is 0 Å². The second kappa shape index (κ2) is 5.73. The van der Waals surface area contributed by atoms with Crippen LogP contribution in [0, 0.1) is 5.92 Å². The standard InChI is InChI=1S/C13H18N2O3/c1-18-12-5-3-2-4-11(12)15-13(17)14-8-9-6-10(16)7-9/h2-5,9-10,16H,6-8H2,1H3,(H2,14,15,17). The van der Waals surface area contributed by atoms with Gasteiger partial charge in [0.25, 0.3) is 0 Å². The third kappa shape index (κ3) is 3.13. The number of hydrogen-bond acceptors (Lipinski definition) is 3. The van der Waals surface area contributed by atoms with Crippen LogP contribution in [0.15, 0.2) is 24.3 Å². The van der Waals surface area contributed by atoms with Crippen molar-refractivity contribution in [2.24, 2.45) is 5.92 Å². The van der Waals surface area contributed by atoms with Gasteiger partial charge in [-0.05, 0) is 30.9 Å². The molecule has 1 aromatic carbocycles. The maximum atomic E-state index is 11.7.